The minimum absolute atomic E-state index is 0.0451. The van der Waals surface area contributed by atoms with Gasteiger partial charge in [-0.05, 0) is 30.0 Å². The highest BCUT2D eigenvalue weighted by molar-refractivity contribution is 7.89. The Bertz CT molecular complexity index is 947. The Balaban J connectivity index is 2.01. The second-order valence-corrected chi connectivity index (χ2v) is 10.0. The van der Waals surface area contributed by atoms with Crippen molar-refractivity contribution in [2.45, 2.75) is 25.6 Å². The largest absolute Gasteiger partial charge is 0.379 e. The van der Waals surface area contributed by atoms with Crippen LogP contribution in [-0.4, -0.2) is 44.4 Å². The number of benzene rings is 1. The number of sulfone groups is 1. The van der Waals surface area contributed by atoms with Gasteiger partial charge in [0.05, 0.1) is 25.0 Å². The maximum absolute atomic E-state index is 11.6. The number of aromatic nitrogens is 2. The number of rotatable bonds is 4. The molecular formula is C19H25ClN4O3S. The molecule has 0 radical (unpaired) electrons. The van der Waals surface area contributed by atoms with Gasteiger partial charge in [-0.15, -0.1) is 0 Å². The molecular weight excluding hydrogens is 400 g/mol. The first-order valence-electron chi connectivity index (χ1n) is 9.04. The van der Waals surface area contributed by atoms with Crippen molar-refractivity contribution in [3.05, 3.63) is 46.1 Å². The van der Waals surface area contributed by atoms with Gasteiger partial charge < -0.3 is 15.4 Å². The molecule has 1 aliphatic rings. The first-order valence-corrected chi connectivity index (χ1v) is 11.5. The molecule has 0 amide bonds. The van der Waals surface area contributed by atoms with Crippen LogP contribution in [0.2, 0.25) is 5.02 Å². The molecule has 3 rings (SSSR count). The average molecular weight is 425 g/mol. The quantitative estimate of drug-likeness (QED) is 0.805. The second-order valence-electron chi connectivity index (χ2n) is 7.46. The lowest BCUT2D eigenvalue weighted by molar-refractivity contribution is 0.114. The Labute approximate surface area is 170 Å². The molecule has 0 saturated carbocycles. The van der Waals surface area contributed by atoms with Crippen LogP contribution in [0.5, 0.6) is 0 Å². The predicted octanol–water partition coefficient (Wildman–Crippen LogP) is 2.78. The van der Waals surface area contributed by atoms with E-state index in [-0.39, 0.29) is 17.7 Å². The van der Waals surface area contributed by atoms with E-state index in [0.717, 1.165) is 23.6 Å². The highest BCUT2D eigenvalue weighted by Gasteiger charge is 2.29. The third-order valence-corrected chi connectivity index (χ3v) is 5.75. The maximum atomic E-state index is 11.6. The van der Waals surface area contributed by atoms with Crippen LogP contribution in [0.15, 0.2) is 24.3 Å². The van der Waals surface area contributed by atoms with E-state index in [1.165, 1.54) is 6.26 Å². The van der Waals surface area contributed by atoms with Gasteiger partial charge in [0.1, 0.15) is 5.82 Å². The van der Waals surface area contributed by atoms with Crippen molar-refractivity contribution in [2.24, 2.45) is 5.92 Å². The maximum Gasteiger partial charge on any atom is 0.222 e. The van der Waals surface area contributed by atoms with Gasteiger partial charge in [-0.25, -0.2) is 13.4 Å². The van der Waals surface area contributed by atoms with Crippen LogP contribution >= 0.6 is 11.6 Å². The number of nitrogens with two attached hydrogens (primary N) is 1. The lowest BCUT2D eigenvalue weighted by atomic mass is 10.0. The Morgan fingerprint density at radius 1 is 1.29 bits per heavy atom. The molecule has 1 aromatic carbocycles. The van der Waals surface area contributed by atoms with Gasteiger partial charge >= 0.3 is 0 Å². The molecule has 9 heteroatoms. The number of hydrogen-bond donors (Lipinski definition) is 1. The van der Waals surface area contributed by atoms with E-state index in [9.17, 15) is 8.42 Å². The number of ether oxygens (including phenoxy) is 1. The molecule has 1 aliphatic heterocycles. The molecule has 0 spiro atoms. The molecule has 0 unspecified atom stereocenters. The molecule has 2 aromatic rings. The number of nitrogens with zero attached hydrogens (tertiary/aromatic N) is 3. The smallest absolute Gasteiger partial charge is 0.222 e. The zero-order valence-corrected chi connectivity index (χ0v) is 17.8. The van der Waals surface area contributed by atoms with Crippen LogP contribution in [0.3, 0.4) is 0 Å². The summed E-state index contributed by atoms with van der Waals surface area (Å²) in [6, 6.07) is 7.11. The van der Waals surface area contributed by atoms with Crippen molar-refractivity contribution in [3.63, 3.8) is 0 Å². The summed E-state index contributed by atoms with van der Waals surface area (Å²) < 4.78 is 29.0. The third kappa shape index (κ3) is 5.12. The van der Waals surface area contributed by atoms with Crippen LogP contribution < -0.4 is 10.6 Å². The van der Waals surface area contributed by atoms with E-state index in [0.29, 0.717) is 29.7 Å². The Kier molecular flexibility index (Phi) is 6.12. The molecule has 28 heavy (non-hydrogen) atoms. The van der Waals surface area contributed by atoms with Gasteiger partial charge in [-0.1, -0.05) is 30.7 Å². The first-order chi connectivity index (χ1) is 13.1. The van der Waals surface area contributed by atoms with Crippen LogP contribution in [0, 0.1) is 12.8 Å². The fraction of sp³-hybridized carbons (Fsp3) is 0.474. The molecule has 2 heterocycles. The average Bonchev–Trinajstić information content (AvgIpc) is 2.74. The zero-order valence-electron chi connectivity index (χ0n) is 16.2. The molecule has 1 saturated heterocycles. The molecule has 2 atom stereocenters. The summed E-state index contributed by atoms with van der Waals surface area (Å²) in [5, 5.41) is 0.507. The van der Waals surface area contributed by atoms with Crippen molar-refractivity contribution >= 4 is 33.2 Å². The number of nitrogen functional groups attached to an aromatic ring is 1. The number of anilines is 2. The predicted molar refractivity (Wildman–Crippen MR) is 111 cm³/mol. The molecule has 2 N–H and O–H groups in total. The minimum Gasteiger partial charge on any atom is -0.379 e. The third-order valence-electron chi connectivity index (χ3n) is 4.57. The van der Waals surface area contributed by atoms with Crippen molar-refractivity contribution in [3.8, 4) is 0 Å². The summed E-state index contributed by atoms with van der Waals surface area (Å²) in [4.78, 5) is 10.7. The summed E-state index contributed by atoms with van der Waals surface area (Å²) in [6.07, 6.45) is 1.21. The standard InChI is InChI=1S/C19H25ClN4O3S/c1-12-8-24(18-6-13(2)22-19(21)23-18)17(10-27-9-12)15-5-4-14(7-16(15)20)11-28(3,25)26/h4-7,12,17H,8-11H2,1-3H3,(H2,21,22,23)/t12-,17+/m1/s1. The van der Waals surface area contributed by atoms with Crippen molar-refractivity contribution < 1.29 is 13.2 Å². The minimum atomic E-state index is -3.13. The van der Waals surface area contributed by atoms with Crippen LogP contribution in [-0.2, 0) is 20.3 Å². The molecule has 1 fully saturated rings. The summed E-state index contributed by atoms with van der Waals surface area (Å²) in [6.45, 7) is 5.79. The van der Waals surface area contributed by atoms with E-state index in [4.69, 9.17) is 22.1 Å². The lowest BCUT2D eigenvalue weighted by Gasteiger charge is -2.32. The van der Waals surface area contributed by atoms with Crippen LogP contribution in [0.25, 0.3) is 0 Å². The highest BCUT2D eigenvalue weighted by Crippen LogP contribution is 2.34. The molecule has 7 nitrogen and oxygen atoms in total. The Morgan fingerprint density at radius 2 is 2.04 bits per heavy atom. The summed E-state index contributed by atoms with van der Waals surface area (Å²) >= 11 is 6.56. The summed E-state index contributed by atoms with van der Waals surface area (Å²) in [7, 11) is -3.13. The monoisotopic (exact) mass is 424 g/mol. The SMILES string of the molecule is Cc1cc(N2C[C@@H](C)COC[C@H]2c2ccc(CS(C)(=O)=O)cc2Cl)nc(N)n1. The van der Waals surface area contributed by atoms with E-state index < -0.39 is 9.84 Å². The molecule has 0 bridgehead atoms. The second kappa shape index (κ2) is 8.23. The first kappa shape index (κ1) is 20.8. The number of halogens is 1. The van der Waals surface area contributed by atoms with Crippen LogP contribution in [0.4, 0.5) is 11.8 Å². The van der Waals surface area contributed by atoms with Gasteiger partial charge in [0, 0.05) is 29.6 Å². The normalized spacial score (nSPS) is 20.8. The van der Waals surface area contributed by atoms with Gasteiger partial charge in [-0.2, -0.15) is 4.98 Å². The number of aryl methyl sites for hydroxylation is 1. The Morgan fingerprint density at radius 3 is 2.68 bits per heavy atom. The zero-order chi connectivity index (χ0) is 20.5. The van der Waals surface area contributed by atoms with Gasteiger partial charge in [0.25, 0.3) is 0 Å². The van der Waals surface area contributed by atoms with Gasteiger partial charge in [0.2, 0.25) is 5.95 Å². The summed E-state index contributed by atoms with van der Waals surface area (Å²) in [5.74, 6) is 1.20. The fourth-order valence-corrected chi connectivity index (χ4v) is 4.57. The van der Waals surface area contributed by atoms with Crippen molar-refractivity contribution in [2.75, 3.05) is 36.6 Å². The number of hydrogen-bond acceptors (Lipinski definition) is 7. The van der Waals surface area contributed by atoms with E-state index in [2.05, 4.69) is 21.8 Å². The topological polar surface area (TPSA) is 98.4 Å². The molecule has 0 aliphatic carbocycles. The van der Waals surface area contributed by atoms with Crippen LogP contribution in [0.1, 0.15) is 29.8 Å². The van der Waals surface area contributed by atoms with Crippen molar-refractivity contribution in [1.82, 2.24) is 9.97 Å². The van der Waals surface area contributed by atoms with Crippen molar-refractivity contribution in [1.29, 1.82) is 0 Å². The van der Waals surface area contributed by atoms with E-state index >= 15 is 0 Å². The summed E-state index contributed by atoms with van der Waals surface area (Å²) in [5.41, 5.74) is 8.18. The highest BCUT2D eigenvalue weighted by atomic mass is 35.5. The molecule has 1 aromatic heterocycles. The Hall–Kier alpha value is -1.90. The lowest BCUT2D eigenvalue weighted by Crippen LogP contribution is -2.34. The van der Waals surface area contributed by atoms with E-state index in [1.54, 1.807) is 12.1 Å². The van der Waals surface area contributed by atoms with Gasteiger partial charge in [-0.3, -0.25) is 0 Å². The molecule has 152 valence electrons. The fourth-order valence-electron chi connectivity index (χ4n) is 3.45. The van der Waals surface area contributed by atoms with E-state index in [1.807, 2.05) is 19.1 Å². The van der Waals surface area contributed by atoms with Gasteiger partial charge in [0.15, 0.2) is 9.84 Å².